The number of carbonyl (C=O) groups excluding carboxylic acids is 3. The number of unbranched alkanes of at least 4 members (excludes halogenated alkanes) is 47. The number of hydrogen-bond donors (Lipinski definition) is 0. The van der Waals surface area contributed by atoms with Crippen molar-refractivity contribution in [2.75, 3.05) is 13.2 Å². The van der Waals surface area contributed by atoms with Gasteiger partial charge in [-0.3, -0.25) is 14.4 Å². The van der Waals surface area contributed by atoms with Gasteiger partial charge < -0.3 is 14.2 Å². The Hall–Kier alpha value is -1.59. The first kappa shape index (κ1) is 66.4. The first-order valence-electron chi connectivity index (χ1n) is 31.0. The third kappa shape index (κ3) is 55.3. The normalized spacial score (nSPS) is 11.9. The molecule has 6 heteroatoms. The summed E-state index contributed by atoms with van der Waals surface area (Å²) >= 11 is 0. The van der Waals surface area contributed by atoms with Gasteiger partial charge in [-0.1, -0.05) is 323 Å². The fourth-order valence-corrected chi connectivity index (χ4v) is 9.68. The second kappa shape index (κ2) is 58.0. The number of hydrogen-bond acceptors (Lipinski definition) is 6. The Bertz CT molecular complexity index is 1010. The van der Waals surface area contributed by atoms with Gasteiger partial charge in [-0.05, 0) is 19.3 Å². The van der Waals surface area contributed by atoms with E-state index in [9.17, 15) is 14.4 Å². The Balaban J connectivity index is 3.85. The predicted octanol–water partition coefficient (Wildman–Crippen LogP) is 20.7. The van der Waals surface area contributed by atoms with Crippen LogP contribution in [0.1, 0.15) is 361 Å². The van der Waals surface area contributed by atoms with Gasteiger partial charge in [0, 0.05) is 19.3 Å². The molecule has 0 aliphatic rings. The van der Waals surface area contributed by atoms with Crippen molar-refractivity contribution in [2.45, 2.75) is 367 Å². The lowest BCUT2D eigenvalue weighted by molar-refractivity contribution is -0.167. The highest BCUT2D eigenvalue weighted by Gasteiger charge is 2.19. The van der Waals surface area contributed by atoms with E-state index in [2.05, 4.69) is 20.8 Å². The fraction of sp³-hybridized carbons (Fsp3) is 0.952. The third-order valence-corrected chi connectivity index (χ3v) is 14.4. The van der Waals surface area contributed by atoms with E-state index < -0.39 is 6.10 Å². The molecule has 0 aliphatic heterocycles. The van der Waals surface area contributed by atoms with Crippen molar-refractivity contribution in [1.82, 2.24) is 0 Å². The molecule has 0 aromatic rings. The second-order valence-corrected chi connectivity index (χ2v) is 21.3. The van der Waals surface area contributed by atoms with Crippen molar-refractivity contribution >= 4 is 17.9 Å². The average Bonchev–Trinajstić information content (AvgIpc) is 3.34. The van der Waals surface area contributed by atoms with Crippen molar-refractivity contribution in [1.29, 1.82) is 0 Å². The number of rotatable bonds is 58. The number of ether oxygens (including phenoxy) is 3. The number of carbonyl (C=O) groups is 3. The summed E-state index contributed by atoms with van der Waals surface area (Å²) in [5.74, 6) is -0.852. The van der Waals surface area contributed by atoms with Crippen LogP contribution >= 0.6 is 0 Å². The Morgan fingerprint density at radius 1 is 0.235 bits per heavy atom. The van der Waals surface area contributed by atoms with Crippen LogP contribution in [0.2, 0.25) is 0 Å². The van der Waals surface area contributed by atoms with Gasteiger partial charge in [0.15, 0.2) is 6.10 Å². The second-order valence-electron chi connectivity index (χ2n) is 21.3. The molecule has 0 aliphatic carbocycles. The highest BCUT2D eigenvalue weighted by atomic mass is 16.6. The SMILES string of the molecule is CCCCCCCCCCCCCCCCCCCCCCCCCCCCCCCCCC(=O)OCC(COC(=O)CCCCCCC)OC(=O)CCCCCCCCCCCCCCCC. The van der Waals surface area contributed by atoms with Crippen LogP contribution in [-0.4, -0.2) is 37.2 Å². The smallest absolute Gasteiger partial charge is 0.306 e. The molecule has 0 rings (SSSR count). The molecule has 0 bridgehead atoms. The van der Waals surface area contributed by atoms with Crippen molar-refractivity contribution in [3.05, 3.63) is 0 Å². The average molecular weight is 962 g/mol. The van der Waals surface area contributed by atoms with Gasteiger partial charge in [0.25, 0.3) is 0 Å². The molecule has 1 atom stereocenters. The first-order valence-corrected chi connectivity index (χ1v) is 31.0. The summed E-state index contributed by atoms with van der Waals surface area (Å²) in [6.45, 7) is 6.62. The summed E-state index contributed by atoms with van der Waals surface area (Å²) in [6, 6.07) is 0. The Kier molecular flexibility index (Phi) is 56.6. The summed E-state index contributed by atoms with van der Waals surface area (Å²) in [4.78, 5) is 37.8. The minimum atomic E-state index is -0.759. The van der Waals surface area contributed by atoms with Gasteiger partial charge >= 0.3 is 17.9 Å². The van der Waals surface area contributed by atoms with Crippen molar-refractivity contribution in [2.24, 2.45) is 0 Å². The summed E-state index contributed by atoms with van der Waals surface area (Å²) in [6.07, 6.45) is 66.1. The van der Waals surface area contributed by atoms with Gasteiger partial charge in [-0.2, -0.15) is 0 Å². The quantitative estimate of drug-likeness (QED) is 0.0343. The zero-order valence-electron chi connectivity index (χ0n) is 46.4. The van der Waals surface area contributed by atoms with E-state index in [1.807, 2.05) is 0 Å². The zero-order valence-corrected chi connectivity index (χ0v) is 46.4. The fourth-order valence-electron chi connectivity index (χ4n) is 9.68. The monoisotopic (exact) mass is 961 g/mol. The molecular formula is C62H120O6. The van der Waals surface area contributed by atoms with Crippen LogP contribution in [0.5, 0.6) is 0 Å². The minimum absolute atomic E-state index is 0.0628. The van der Waals surface area contributed by atoms with E-state index in [0.29, 0.717) is 19.3 Å². The van der Waals surface area contributed by atoms with Crippen LogP contribution in [0.3, 0.4) is 0 Å². The zero-order chi connectivity index (χ0) is 49.3. The summed E-state index contributed by atoms with van der Waals surface area (Å²) < 4.78 is 16.7. The van der Waals surface area contributed by atoms with Gasteiger partial charge in [0.2, 0.25) is 0 Å². The molecule has 0 radical (unpaired) electrons. The van der Waals surface area contributed by atoms with E-state index in [1.54, 1.807) is 0 Å². The molecule has 0 spiro atoms. The van der Waals surface area contributed by atoms with E-state index in [-0.39, 0.29) is 31.1 Å². The summed E-state index contributed by atoms with van der Waals surface area (Å²) in [5.41, 5.74) is 0. The maximum absolute atomic E-state index is 12.7. The maximum atomic E-state index is 12.7. The van der Waals surface area contributed by atoms with E-state index in [4.69, 9.17) is 14.2 Å². The Morgan fingerprint density at radius 2 is 0.397 bits per heavy atom. The Labute approximate surface area is 425 Å². The number of esters is 3. The molecule has 404 valence electrons. The van der Waals surface area contributed by atoms with E-state index in [1.165, 1.54) is 257 Å². The summed E-state index contributed by atoms with van der Waals surface area (Å²) in [5, 5.41) is 0. The predicted molar refractivity (Wildman–Crippen MR) is 294 cm³/mol. The van der Waals surface area contributed by atoms with Crippen LogP contribution < -0.4 is 0 Å². The van der Waals surface area contributed by atoms with Crippen LogP contribution in [0, 0.1) is 0 Å². The van der Waals surface area contributed by atoms with Crippen molar-refractivity contribution < 1.29 is 28.6 Å². The molecule has 6 nitrogen and oxygen atoms in total. The first-order chi connectivity index (χ1) is 33.5. The van der Waals surface area contributed by atoms with Gasteiger partial charge in [0.05, 0.1) is 0 Å². The van der Waals surface area contributed by atoms with Crippen LogP contribution in [0.15, 0.2) is 0 Å². The molecule has 0 N–H and O–H groups in total. The largest absolute Gasteiger partial charge is 0.462 e. The molecule has 0 aromatic heterocycles. The van der Waals surface area contributed by atoms with Crippen LogP contribution in [-0.2, 0) is 28.6 Å². The van der Waals surface area contributed by atoms with E-state index in [0.717, 1.165) is 64.2 Å². The molecule has 0 amide bonds. The van der Waals surface area contributed by atoms with E-state index >= 15 is 0 Å². The van der Waals surface area contributed by atoms with Crippen molar-refractivity contribution in [3.63, 3.8) is 0 Å². The lowest BCUT2D eigenvalue weighted by Gasteiger charge is -2.18. The third-order valence-electron chi connectivity index (χ3n) is 14.4. The van der Waals surface area contributed by atoms with Gasteiger partial charge in [-0.15, -0.1) is 0 Å². The van der Waals surface area contributed by atoms with Crippen LogP contribution in [0.25, 0.3) is 0 Å². The van der Waals surface area contributed by atoms with Gasteiger partial charge in [0.1, 0.15) is 13.2 Å². The summed E-state index contributed by atoms with van der Waals surface area (Å²) in [7, 11) is 0. The Morgan fingerprint density at radius 3 is 0.588 bits per heavy atom. The lowest BCUT2D eigenvalue weighted by atomic mass is 10.0. The molecule has 0 heterocycles. The molecule has 1 unspecified atom stereocenters. The molecular weight excluding hydrogens is 841 g/mol. The van der Waals surface area contributed by atoms with Gasteiger partial charge in [-0.25, -0.2) is 0 Å². The standard InChI is InChI=1S/C62H120O6/c1-4-7-10-13-15-17-19-21-23-24-25-26-27-28-29-30-31-32-33-34-35-36-37-38-39-41-42-44-46-49-52-55-61(64)67-58-59(57-66-60(63)54-51-48-12-9-6-3)68-62(65)56-53-50-47-45-43-40-22-20-18-16-14-11-8-5-2/h59H,4-58H2,1-3H3. The van der Waals surface area contributed by atoms with Crippen molar-refractivity contribution in [3.8, 4) is 0 Å². The highest BCUT2D eigenvalue weighted by Crippen LogP contribution is 2.18. The lowest BCUT2D eigenvalue weighted by Crippen LogP contribution is -2.30. The molecule has 0 saturated carbocycles. The molecule has 0 saturated heterocycles. The topological polar surface area (TPSA) is 78.9 Å². The highest BCUT2D eigenvalue weighted by molar-refractivity contribution is 5.71. The van der Waals surface area contributed by atoms with Crippen LogP contribution in [0.4, 0.5) is 0 Å². The molecule has 0 aromatic carbocycles. The minimum Gasteiger partial charge on any atom is -0.462 e. The maximum Gasteiger partial charge on any atom is 0.306 e. The molecule has 68 heavy (non-hydrogen) atoms. The molecule has 0 fully saturated rings.